The predicted octanol–water partition coefficient (Wildman–Crippen LogP) is 1.73. The molecule has 0 aliphatic carbocycles. The Hall–Kier alpha value is -1.07. The molecule has 0 aromatic heterocycles. The maximum absolute atomic E-state index is 12.0. The fourth-order valence-corrected chi connectivity index (χ4v) is 3.37. The third-order valence-electron chi connectivity index (χ3n) is 2.71. The van der Waals surface area contributed by atoms with Gasteiger partial charge in [0.2, 0.25) is 10.0 Å². The molecule has 0 saturated carbocycles. The highest BCUT2D eigenvalue weighted by Crippen LogP contribution is 2.28. The molecule has 0 fully saturated rings. The molecular weight excluding hydrogens is 236 g/mol. The second-order valence-corrected chi connectivity index (χ2v) is 6.56. The first-order chi connectivity index (χ1) is 7.88. The van der Waals surface area contributed by atoms with Gasteiger partial charge in [-0.25, -0.2) is 13.1 Å². The summed E-state index contributed by atoms with van der Waals surface area (Å²) in [7, 11) is -3.38. The van der Waals surface area contributed by atoms with E-state index in [9.17, 15) is 8.42 Å². The zero-order valence-corrected chi connectivity index (χ0v) is 11.1. The zero-order valence-electron chi connectivity index (χ0n) is 10.3. The van der Waals surface area contributed by atoms with Gasteiger partial charge in [0, 0.05) is 17.8 Å². The average Bonchev–Trinajstić information content (AvgIpc) is 2.54. The third kappa shape index (κ3) is 2.61. The van der Waals surface area contributed by atoms with Gasteiger partial charge in [0.1, 0.15) is 0 Å². The molecule has 5 heteroatoms. The van der Waals surface area contributed by atoms with Crippen molar-refractivity contribution in [3.05, 3.63) is 23.8 Å². The lowest BCUT2D eigenvalue weighted by atomic mass is 10.1. The summed E-state index contributed by atoms with van der Waals surface area (Å²) < 4.78 is 26.6. The van der Waals surface area contributed by atoms with Gasteiger partial charge >= 0.3 is 0 Å². The number of nitrogens with one attached hydrogen (secondary N) is 2. The molecule has 4 nitrogen and oxygen atoms in total. The second kappa shape index (κ2) is 4.31. The van der Waals surface area contributed by atoms with Crippen LogP contribution in [0.1, 0.15) is 26.3 Å². The molecule has 0 spiro atoms. The van der Waals surface area contributed by atoms with E-state index in [1.165, 1.54) is 0 Å². The van der Waals surface area contributed by atoms with E-state index in [1.54, 1.807) is 12.1 Å². The van der Waals surface area contributed by atoms with E-state index in [4.69, 9.17) is 0 Å². The minimum atomic E-state index is -3.38. The zero-order chi connectivity index (χ0) is 12.6. The monoisotopic (exact) mass is 254 g/mol. The number of hydrogen-bond donors (Lipinski definition) is 2. The van der Waals surface area contributed by atoms with E-state index in [2.05, 4.69) is 17.0 Å². The van der Waals surface area contributed by atoms with Crippen LogP contribution < -0.4 is 10.0 Å². The van der Waals surface area contributed by atoms with Gasteiger partial charge in [-0.2, -0.15) is 0 Å². The number of hydrogen-bond acceptors (Lipinski definition) is 3. The number of rotatable bonds is 3. The van der Waals surface area contributed by atoms with Crippen molar-refractivity contribution < 1.29 is 8.42 Å². The number of benzene rings is 1. The fraction of sp³-hybridized carbons (Fsp3) is 0.500. The molecule has 0 unspecified atom stereocenters. The standard InChI is InChI=1S/C12H18N2O2S/c1-8(2)14-17(15,16)11-4-5-12-10(7-11)6-9(3)13-12/h4-5,7-9,13-14H,6H2,1-3H3/t9-/m1/s1. The summed E-state index contributed by atoms with van der Waals surface area (Å²) in [6.45, 7) is 5.71. The minimum absolute atomic E-state index is 0.0923. The van der Waals surface area contributed by atoms with Crippen LogP contribution in [-0.2, 0) is 16.4 Å². The minimum Gasteiger partial charge on any atom is -0.382 e. The molecule has 17 heavy (non-hydrogen) atoms. The lowest BCUT2D eigenvalue weighted by molar-refractivity contribution is 0.570. The van der Waals surface area contributed by atoms with Gasteiger partial charge in [-0.05, 0) is 51.0 Å². The lowest BCUT2D eigenvalue weighted by Gasteiger charge is -2.10. The van der Waals surface area contributed by atoms with Gasteiger partial charge in [0.25, 0.3) is 0 Å². The van der Waals surface area contributed by atoms with E-state index in [1.807, 2.05) is 19.9 Å². The normalized spacial score (nSPS) is 19.2. The predicted molar refractivity (Wildman–Crippen MR) is 68.7 cm³/mol. The van der Waals surface area contributed by atoms with Crippen molar-refractivity contribution in [2.75, 3.05) is 5.32 Å². The van der Waals surface area contributed by atoms with Crippen molar-refractivity contribution >= 4 is 15.7 Å². The number of sulfonamides is 1. The Kier molecular flexibility index (Phi) is 3.14. The Balaban J connectivity index is 2.33. The Labute approximate surface area is 102 Å². The molecule has 1 aliphatic rings. The lowest BCUT2D eigenvalue weighted by Crippen LogP contribution is -2.30. The van der Waals surface area contributed by atoms with Crippen molar-refractivity contribution in [2.24, 2.45) is 0 Å². The quantitative estimate of drug-likeness (QED) is 0.863. The van der Waals surface area contributed by atoms with Gasteiger partial charge in [-0.15, -0.1) is 0 Å². The van der Waals surface area contributed by atoms with E-state index < -0.39 is 10.0 Å². The number of fused-ring (bicyclic) bond motifs is 1. The highest BCUT2D eigenvalue weighted by molar-refractivity contribution is 7.89. The van der Waals surface area contributed by atoms with Crippen LogP contribution in [0.4, 0.5) is 5.69 Å². The van der Waals surface area contributed by atoms with Gasteiger partial charge in [-0.1, -0.05) is 0 Å². The van der Waals surface area contributed by atoms with Crippen molar-refractivity contribution in [2.45, 2.75) is 44.2 Å². The molecule has 1 atom stereocenters. The maximum atomic E-state index is 12.0. The Bertz CT molecular complexity index is 523. The summed E-state index contributed by atoms with van der Waals surface area (Å²) in [5.74, 6) is 0. The largest absolute Gasteiger partial charge is 0.382 e. The highest BCUT2D eigenvalue weighted by Gasteiger charge is 2.21. The van der Waals surface area contributed by atoms with E-state index in [-0.39, 0.29) is 6.04 Å². The summed E-state index contributed by atoms with van der Waals surface area (Å²) >= 11 is 0. The van der Waals surface area contributed by atoms with Gasteiger partial charge in [-0.3, -0.25) is 0 Å². The van der Waals surface area contributed by atoms with Crippen molar-refractivity contribution in [3.63, 3.8) is 0 Å². The van der Waals surface area contributed by atoms with E-state index in [0.29, 0.717) is 10.9 Å². The van der Waals surface area contributed by atoms with Crippen molar-refractivity contribution in [3.8, 4) is 0 Å². The Morgan fingerprint density at radius 2 is 2.12 bits per heavy atom. The smallest absolute Gasteiger partial charge is 0.240 e. The first-order valence-electron chi connectivity index (χ1n) is 5.80. The Morgan fingerprint density at radius 1 is 1.41 bits per heavy atom. The fourth-order valence-electron chi connectivity index (χ4n) is 2.07. The highest BCUT2D eigenvalue weighted by atomic mass is 32.2. The van der Waals surface area contributed by atoms with Gasteiger partial charge < -0.3 is 5.32 Å². The van der Waals surface area contributed by atoms with Crippen LogP contribution in [0.3, 0.4) is 0 Å². The van der Waals surface area contributed by atoms with E-state index >= 15 is 0 Å². The maximum Gasteiger partial charge on any atom is 0.240 e. The van der Waals surface area contributed by atoms with Crippen LogP contribution in [0.15, 0.2) is 23.1 Å². The molecular formula is C12H18N2O2S. The van der Waals surface area contributed by atoms with Gasteiger partial charge in [0.15, 0.2) is 0 Å². The summed E-state index contributed by atoms with van der Waals surface area (Å²) in [4.78, 5) is 0.348. The molecule has 1 aromatic carbocycles. The molecule has 0 bridgehead atoms. The summed E-state index contributed by atoms with van der Waals surface area (Å²) in [6.07, 6.45) is 0.875. The van der Waals surface area contributed by atoms with Crippen LogP contribution in [-0.4, -0.2) is 20.5 Å². The molecule has 1 aromatic rings. The molecule has 94 valence electrons. The van der Waals surface area contributed by atoms with Crippen LogP contribution >= 0.6 is 0 Å². The SMILES string of the molecule is CC(C)NS(=O)(=O)c1ccc2c(c1)C[C@@H](C)N2. The molecule has 2 rings (SSSR count). The van der Waals surface area contributed by atoms with Crippen molar-refractivity contribution in [1.29, 1.82) is 0 Å². The second-order valence-electron chi connectivity index (χ2n) is 4.84. The summed E-state index contributed by atoms with van der Waals surface area (Å²) in [5.41, 5.74) is 2.12. The molecule has 0 amide bonds. The summed E-state index contributed by atoms with van der Waals surface area (Å²) in [5, 5.41) is 3.30. The first kappa shape index (κ1) is 12.4. The van der Waals surface area contributed by atoms with Crippen LogP contribution in [0, 0.1) is 0 Å². The first-order valence-corrected chi connectivity index (χ1v) is 7.28. The van der Waals surface area contributed by atoms with Crippen LogP contribution in [0.25, 0.3) is 0 Å². The van der Waals surface area contributed by atoms with E-state index in [0.717, 1.165) is 17.7 Å². The van der Waals surface area contributed by atoms with Crippen LogP contribution in [0.2, 0.25) is 0 Å². The molecule has 1 aliphatic heterocycles. The average molecular weight is 254 g/mol. The Morgan fingerprint density at radius 3 is 2.76 bits per heavy atom. The molecule has 0 radical (unpaired) electrons. The molecule has 0 saturated heterocycles. The van der Waals surface area contributed by atoms with Gasteiger partial charge in [0.05, 0.1) is 4.90 Å². The molecule has 1 heterocycles. The third-order valence-corrected chi connectivity index (χ3v) is 4.36. The summed E-state index contributed by atoms with van der Waals surface area (Å²) in [6, 6.07) is 5.53. The topological polar surface area (TPSA) is 58.2 Å². The van der Waals surface area contributed by atoms with Crippen molar-refractivity contribution in [1.82, 2.24) is 4.72 Å². The number of anilines is 1. The molecule has 2 N–H and O–H groups in total. The van der Waals surface area contributed by atoms with Crippen LogP contribution in [0.5, 0.6) is 0 Å².